The van der Waals surface area contributed by atoms with Crippen LogP contribution in [0.2, 0.25) is 0 Å². The van der Waals surface area contributed by atoms with Crippen molar-refractivity contribution in [3.05, 3.63) is 48.4 Å². The van der Waals surface area contributed by atoms with E-state index in [1.807, 2.05) is 0 Å². The van der Waals surface area contributed by atoms with Gasteiger partial charge < -0.3 is 5.73 Å². The molecule has 0 saturated carbocycles. The fourth-order valence-corrected chi connectivity index (χ4v) is 1.27. The van der Waals surface area contributed by atoms with Gasteiger partial charge in [0.15, 0.2) is 0 Å². The lowest BCUT2D eigenvalue weighted by atomic mass is 10.1. The lowest BCUT2D eigenvalue weighted by Crippen LogP contribution is -1.92. The zero-order valence-corrected chi connectivity index (χ0v) is 8.67. The Labute approximate surface area is 93.4 Å². The van der Waals surface area contributed by atoms with E-state index in [-0.39, 0.29) is 18.2 Å². The van der Waals surface area contributed by atoms with Gasteiger partial charge in [0.1, 0.15) is 5.82 Å². The van der Waals surface area contributed by atoms with Crippen molar-refractivity contribution in [2.24, 2.45) is 0 Å². The molecule has 2 aromatic rings. The smallest absolute Gasteiger partial charge is 0.123 e. The molecule has 0 fully saturated rings. The summed E-state index contributed by atoms with van der Waals surface area (Å²) in [7, 11) is 0. The van der Waals surface area contributed by atoms with Gasteiger partial charge in [0.05, 0.1) is 11.4 Å². The number of benzene rings is 1. The molecule has 0 bridgehead atoms. The highest BCUT2D eigenvalue weighted by Crippen LogP contribution is 2.22. The van der Waals surface area contributed by atoms with E-state index in [2.05, 4.69) is 4.98 Å². The zero-order valence-electron chi connectivity index (χ0n) is 7.85. The summed E-state index contributed by atoms with van der Waals surface area (Å²) in [6.07, 6.45) is 1.66. The second kappa shape index (κ2) is 4.75. The van der Waals surface area contributed by atoms with Gasteiger partial charge >= 0.3 is 0 Å². The van der Waals surface area contributed by atoms with Crippen molar-refractivity contribution in [3.8, 4) is 11.3 Å². The molecule has 15 heavy (non-hydrogen) atoms. The number of halogens is 2. The van der Waals surface area contributed by atoms with E-state index in [1.165, 1.54) is 12.1 Å². The summed E-state index contributed by atoms with van der Waals surface area (Å²) >= 11 is 0. The van der Waals surface area contributed by atoms with E-state index in [4.69, 9.17) is 5.73 Å². The maximum Gasteiger partial charge on any atom is 0.123 e. The molecule has 2 N–H and O–H groups in total. The summed E-state index contributed by atoms with van der Waals surface area (Å²) in [6.45, 7) is 0. The van der Waals surface area contributed by atoms with Gasteiger partial charge in [-0.05, 0) is 36.4 Å². The molecular formula is C11H10ClFN2. The van der Waals surface area contributed by atoms with Crippen molar-refractivity contribution in [3.63, 3.8) is 0 Å². The minimum absolute atomic E-state index is 0. The first-order valence-electron chi connectivity index (χ1n) is 4.24. The molecule has 2 nitrogen and oxygen atoms in total. The number of nitrogens with two attached hydrogens (primary N) is 1. The summed E-state index contributed by atoms with van der Waals surface area (Å²) < 4.78 is 12.7. The fraction of sp³-hybridized carbons (Fsp3) is 0. The minimum atomic E-state index is -0.261. The van der Waals surface area contributed by atoms with E-state index in [0.717, 1.165) is 5.56 Å². The third-order valence-electron chi connectivity index (χ3n) is 1.96. The number of rotatable bonds is 1. The largest absolute Gasteiger partial charge is 0.397 e. The standard InChI is InChI=1S/C11H9FN2.ClH/c12-9-5-3-8(4-6-9)11-10(13)2-1-7-14-11;/h1-7H,13H2;1H. The van der Waals surface area contributed by atoms with Crippen molar-refractivity contribution >= 4 is 18.1 Å². The molecule has 1 aromatic carbocycles. The van der Waals surface area contributed by atoms with Gasteiger partial charge in [0.25, 0.3) is 0 Å². The van der Waals surface area contributed by atoms with Crippen LogP contribution in [0.4, 0.5) is 10.1 Å². The number of aromatic nitrogens is 1. The van der Waals surface area contributed by atoms with E-state index in [1.54, 1.807) is 30.5 Å². The van der Waals surface area contributed by atoms with Gasteiger partial charge in [0, 0.05) is 11.8 Å². The summed E-state index contributed by atoms with van der Waals surface area (Å²) in [5.41, 5.74) is 7.84. The predicted octanol–water partition coefficient (Wildman–Crippen LogP) is 2.89. The molecule has 0 spiro atoms. The molecule has 0 saturated heterocycles. The van der Waals surface area contributed by atoms with Crippen LogP contribution in [0, 0.1) is 5.82 Å². The number of nitrogens with zero attached hydrogens (tertiary/aromatic N) is 1. The van der Waals surface area contributed by atoms with Crippen LogP contribution in [-0.4, -0.2) is 4.98 Å². The molecular weight excluding hydrogens is 215 g/mol. The van der Waals surface area contributed by atoms with Gasteiger partial charge in [-0.2, -0.15) is 0 Å². The van der Waals surface area contributed by atoms with Crippen molar-refractivity contribution in [1.82, 2.24) is 4.98 Å². The number of hydrogen-bond donors (Lipinski definition) is 1. The molecule has 78 valence electrons. The van der Waals surface area contributed by atoms with Gasteiger partial charge in [-0.1, -0.05) is 0 Å². The highest BCUT2D eigenvalue weighted by Gasteiger charge is 2.02. The Bertz CT molecular complexity index is 443. The highest BCUT2D eigenvalue weighted by atomic mass is 35.5. The second-order valence-electron chi connectivity index (χ2n) is 2.95. The molecule has 0 atom stereocenters. The average Bonchev–Trinajstić information content (AvgIpc) is 2.20. The van der Waals surface area contributed by atoms with Crippen LogP contribution in [0.15, 0.2) is 42.6 Å². The molecule has 0 aliphatic carbocycles. The molecule has 0 amide bonds. The Morgan fingerprint density at radius 3 is 2.33 bits per heavy atom. The van der Waals surface area contributed by atoms with E-state index < -0.39 is 0 Å². The Kier molecular flexibility index (Phi) is 3.63. The number of pyridine rings is 1. The number of anilines is 1. The first-order valence-corrected chi connectivity index (χ1v) is 4.24. The summed E-state index contributed by atoms with van der Waals surface area (Å²) in [5, 5.41) is 0. The van der Waals surface area contributed by atoms with E-state index in [0.29, 0.717) is 11.4 Å². The summed E-state index contributed by atoms with van der Waals surface area (Å²) in [4.78, 5) is 4.13. The summed E-state index contributed by atoms with van der Waals surface area (Å²) in [5.74, 6) is -0.261. The van der Waals surface area contributed by atoms with Crippen molar-refractivity contribution in [2.45, 2.75) is 0 Å². The summed E-state index contributed by atoms with van der Waals surface area (Å²) in [6, 6.07) is 9.64. The van der Waals surface area contributed by atoms with E-state index >= 15 is 0 Å². The third-order valence-corrected chi connectivity index (χ3v) is 1.96. The molecule has 1 heterocycles. The monoisotopic (exact) mass is 224 g/mol. The fourth-order valence-electron chi connectivity index (χ4n) is 1.27. The normalized spacial score (nSPS) is 9.40. The Balaban J connectivity index is 0.00000112. The molecule has 4 heteroatoms. The van der Waals surface area contributed by atoms with Crippen molar-refractivity contribution < 1.29 is 4.39 Å². The molecule has 0 radical (unpaired) electrons. The number of hydrogen-bond acceptors (Lipinski definition) is 2. The van der Waals surface area contributed by atoms with E-state index in [9.17, 15) is 4.39 Å². The molecule has 0 aliphatic rings. The van der Waals surface area contributed by atoms with Crippen LogP contribution >= 0.6 is 12.4 Å². The number of nitrogen functional groups attached to an aromatic ring is 1. The van der Waals surface area contributed by atoms with Gasteiger partial charge in [-0.25, -0.2) is 4.39 Å². The molecule has 0 unspecified atom stereocenters. The van der Waals surface area contributed by atoms with Gasteiger partial charge in [-0.3, -0.25) is 4.98 Å². The van der Waals surface area contributed by atoms with Crippen LogP contribution in [0.25, 0.3) is 11.3 Å². The maximum atomic E-state index is 12.7. The van der Waals surface area contributed by atoms with Gasteiger partial charge in [-0.15, -0.1) is 12.4 Å². The Hall–Kier alpha value is -1.61. The van der Waals surface area contributed by atoms with Crippen molar-refractivity contribution in [2.75, 3.05) is 5.73 Å². The molecule has 0 aliphatic heterocycles. The first-order chi connectivity index (χ1) is 6.77. The van der Waals surface area contributed by atoms with Crippen LogP contribution in [-0.2, 0) is 0 Å². The minimum Gasteiger partial charge on any atom is -0.397 e. The predicted molar refractivity (Wildman–Crippen MR) is 61.3 cm³/mol. The maximum absolute atomic E-state index is 12.7. The zero-order chi connectivity index (χ0) is 9.97. The van der Waals surface area contributed by atoms with Crippen LogP contribution < -0.4 is 5.73 Å². The molecule has 1 aromatic heterocycles. The van der Waals surface area contributed by atoms with Crippen LogP contribution in [0.3, 0.4) is 0 Å². The van der Waals surface area contributed by atoms with Crippen LogP contribution in [0.1, 0.15) is 0 Å². The quantitative estimate of drug-likeness (QED) is 0.809. The SMILES string of the molecule is Cl.Nc1cccnc1-c1ccc(F)cc1. The third kappa shape index (κ3) is 2.44. The second-order valence-corrected chi connectivity index (χ2v) is 2.95. The van der Waals surface area contributed by atoms with Crippen molar-refractivity contribution in [1.29, 1.82) is 0 Å². The lowest BCUT2D eigenvalue weighted by molar-refractivity contribution is 0.628. The van der Waals surface area contributed by atoms with Gasteiger partial charge in [0.2, 0.25) is 0 Å². The molecule has 2 rings (SSSR count). The first kappa shape index (κ1) is 11.5. The average molecular weight is 225 g/mol. The van der Waals surface area contributed by atoms with Crippen LogP contribution in [0.5, 0.6) is 0 Å². The Morgan fingerprint density at radius 2 is 1.73 bits per heavy atom. The topological polar surface area (TPSA) is 38.9 Å². The Morgan fingerprint density at radius 1 is 1.07 bits per heavy atom. The lowest BCUT2D eigenvalue weighted by Gasteiger charge is -2.03. The highest BCUT2D eigenvalue weighted by molar-refractivity contribution is 5.85.